The molecule has 1 amide bonds. The first-order chi connectivity index (χ1) is 11.1. The van der Waals surface area contributed by atoms with Gasteiger partial charge in [0.15, 0.2) is 6.20 Å². The molecule has 0 radical (unpaired) electrons. The third-order valence-corrected chi connectivity index (χ3v) is 3.94. The van der Waals surface area contributed by atoms with Gasteiger partial charge in [0, 0.05) is 12.6 Å². The molecule has 0 unspecified atom stereocenters. The number of carbonyl (C=O) groups excluding carboxylic acids is 1. The molecular weight excluding hydrogens is 292 g/mol. The van der Waals surface area contributed by atoms with Crippen molar-refractivity contribution in [3.63, 3.8) is 0 Å². The summed E-state index contributed by atoms with van der Waals surface area (Å²) < 4.78 is 1.55. The third kappa shape index (κ3) is 6.80. The summed E-state index contributed by atoms with van der Waals surface area (Å²) in [5, 5.41) is 12.0. The first-order valence-electron chi connectivity index (χ1n) is 8.58. The van der Waals surface area contributed by atoms with Gasteiger partial charge in [0.2, 0.25) is 0 Å². The van der Waals surface area contributed by atoms with Crippen LogP contribution in [0.5, 0.6) is 0 Å². The van der Waals surface area contributed by atoms with E-state index in [1.807, 2.05) is 0 Å². The number of unbranched alkanes of at least 4 members (excludes halogenated alkanes) is 7. The van der Waals surface area contributed by atoms with Gasteiger partial charge in [-0.15, -0.1) is 0 Å². The van der Waals surface area contributed by atoms with Crippen molar-refractivity contribution in [1.29, 1.82) is 0 Å². The van der Waals surface area contributed by atoms with E-state index in [0.717, 1.165) is 12.8 Å². The molecule has 0 saturated carbocycles. The van der Waals surface area contributed by atoms with Crippen molar-refractivity contribution in [1.82, 2.24) is 5.32 Å². The Kier molecular flexibility index (Phi) is 8.95. The molecule has 1 aromatic heterocycles. The number of carboxylic acids is 1. The van der Waals surface area contributed by atoms with Crippen LogP contribution in [0.4, 0.5) is 0 Å². The molecule has 23 heavy (non-hydrogen) atoms. The Morgan fingerprint density at radius 2 is 1.70 bits per heavy atom. The molecule has 5 heteroatoms. The minimum Gasteiger partial charge on any atom is -0.477 e. The number of nitrogens with one attached hydrogen (secondary N) is 1. The fourth-order valence-corrected chi connectivity index (χ4v) is 2.61. The van der Waals surface area contributed by atoms with E-state index < -0.39 is 5.97 Å². The van der Waals surface area contributed by atoms with Gasteiger partial charge in [0.1, 0.15) is 12.6 Å². The number of nitrogens with zero attached hydrogens (tertiary/aromatic N) is 1. The van der Waals surface area contributed by atoms with Crippen LogP contribution in [0.3, 0.4) is 0 Å². The second kappa shape index (κ2) is 10.8. The van der Waals surface area contributed by atoms with Gasteiger partial charge in [-0.25, -0.2) is 4.79 Å². The lowest BCUT2D eigenvalue weighted by atomic mass is 10.1. The normalized spacial score (nSPS) is 10.5. The van der Waals surface area contributed by atoms with Crippen molar-refractivity contribution in [2.24, 2.45) is 7.05 Å². The SMILES string of the molecule is CCCCCCCCCCNC(=O)c1c(C(=O)O)ccc[n+]1C. The van der Waals surface area contributed by atoms with Gasteiger partial charge >= 0.3 is 11.9 Å². The Hall–Kier alpha value is -1.91. The maximum Gasteiger partial charge on any atom is 0.342 e. The van der Waals surface area contributed by atoms with Crippen molar-refractivity contribution in [2.75, 3.05) is 6.54 Å². The van der Waals surface area contributed by atoms with E-state index in [9.17, 15) is 14.7 Å². The number of hydrogen-bond acceptors (Lipinski definition) is 2. The van der Waals surface area contributed by atoms with E-state index in [-0.39, 0.29) is 17.2 Å². The quantitative estimate of drug-likeness (QED) is 0.486. The van der Waals surface area contributed by atoms with Crippen molar-refractivity contribution in [3.8, 4) is 0 Å². The first kappa shape index (κ1) is 19.1. The minimum atomic E-state index is -1.08. The highest BCUT2D eigenvalue weighted by Crippen LogP contribution is 2.08. The van der Waals surface area contributed by atoms with Crippen molar-refractivity contribution < 1.29 is 19.3 Å². The highest BCUT2D eigenvalue weighted by molar-refractivity contribution is 6.02. The second-order valence-corrected chi connectivity index (χ2v) is 5.92. The molecule has 0 aliphatic carbocycles. The molecule has 5 nitrogen and oxygen atoms in total. The highest BCUT2D eigenvalue weighted by atomic mass is 16.4. The molecule has 0 bridgehead atoms. The van der Waals surface area contributed by atoms with Crippen LogP contribution in [0, 0.1) is 0 Å². The molecule has 2 N–H and O–H groups in total. The summed E-state index contributed by atoms with van der Waals surface area (Å²) in [4.78, 5) is 23.4. The summed E-state index contributed by atoms with van der Waals surface area (Å²) in [6, 6.07) is 3.08. The van der Waals surface area contributed by atoms with Gasteiger partial charge in [-0.3, -0.25) is 4.79 Å². The van der Waals surface area contributed by atoms with Crippen LogP contribution >= 0.6 is 0 Å². The van der Waals surface area contributed by atoms with Crippen LogP contribution in [0.2, 0.25) is 0 Å². The van der Waals surface area contributed by atoms with E-state index in [1.54, 1.807) is 23.9 Å². The molecule has 1 aromatic rings. The van der Waals surface area contributed by atoms with Crippen molar-refractivity contribution in [3.05, 3.63) is 29.6 Å². The van der Waals surface area contributed by atoms with E-state index in [2.05, 4.69) is 12.2 Å². The van der Waals surface area contributed by atoms with Crippen LogP contribution < -0.4 is 9.88 Å². The summed E-state index contributed by atoms with van der Waals surface area (Å²) in [5.74, 6) is -1.41. The molecular formula is C18H29N2O3+. The summed E-state index contributed by atoms with van der Waals surface area (Å²) in [5.41, 5.74) is 0.225. The lowest BCUT2D eigenvalue weighted by Gasteiger charge is -2.06. The van der Waals surface area contributed by atoms with Crippen LogP contribution in [0.25, 0.3) is 0 Å². The molecule has 0 spiro atoms. The smallest absolute Gasteiger partial charge is 0.342 e. The van der Waals surface area contributed by atoms with Gasteiger partial charge in [0.25, 0.3) is 5.69 Å². The maximum absolute atomic E-state index is 12.2. The number of amides is 1. The Morgan fingerprint density at radius 3 is 2.30 bits per heavy atom. The lowest BCUT2D eigenvalue weighted by Crippen LogP contribution is -2.42. The number of rotatable bonds is 11. The molecule has 128 valence electrons. The predicted molar refractivity (Wildman–Crippen MR) is 89.5 cm³/mol. The van der Waals surface area contributed by atoms with Gasteiger partial charge < -0.3 is 10.4 Å². The fraction of sp³-hybridized carbons (Fsp3) is 0.611. The maximum atomic E-state index is 12.2. The summed E-state index contributed by atoms with van der Waals surface area (Å²) >= 11 is 0. The first-order valence-corrected chi connectivity index (χ1v) is 8.58. The van der Waals surface area contributed by atoms with Crippen LogP contribution in [-0.2, 0) is 7.05 Å². The Bertz CT molecular complexity index is 515. The van der Waals surface area contributed by atoms with Crippen LogP contribution in [0.15, 0.2) is 18.3 Å². The van der Waals surface area contributed by atoms with Gasteiger partial charge in [-0.1, -0.05) is 51.9 Å². The zero-order chi connectivity index (χ0) is 17.1. The largest absolute Gasteiger partial charge is 0.477 e. The number of aromatic nitrogens is 1. The predicted octanol–water partition coefficient (Wildman–Crippen LogP) is 3.08. The van der Waals surface area contributed by atoms with E-state index in [4.69, 9.17) is 0 Å². The Morgan fingerprint density at radius 1 is 1.09 bits per heavy atom. The zero-order valence-electron chi connectivity index (χ0n) is 14.3. The average molecular weight is 321 g/mol. The van der Waals surface area contributed by atoms with Gasteiger partial charge in [-0.2, -0.15) is 4.57 Å². The molecule has 0 atom stereocenters. The summed E-state index contributed by atoms with van der Waals surface area (Å²) in [6.07, 6.45) is 11.3. The zero-order valence-corrected chi connectivity index (χ0v) is 14.3. The highest BCUT2D eigenvalue weighted by Gasteiger charge is 2.25. The summed E-state index contributed by atoms with van der Waals surface area (Å²) in [6.45, 7) is 2.80. The minimum absolute atomic E-state index is 0.0309. The van der Waals surface area contributed by atoms with E-state index in [0.29, 0.717) is 6.54 Å². The molecule has 0 aromatic carbocycles. The second-order valence-electron chi connectivity index (χ2n) is 5.92. The molecule has 0 fully saturated rings. The lowest BCUT2D eigenvalue weighted by molar-refractivity contribution is -0.673. The van der Waals surface area contributed by atoms with Gasteiger partial charge in [0.05, 0.1) is 0 Å². The van der Waals surface area contributed by atoms with E-state index >= 15 is 0 Å². The molecule has 1 rings (SSSR count). The molecule has 0 aliphatic heterocycles. The number of hydrogen-bond donors (Lipinski definition) is 2. The number of aromatic carboxylic acids is 1. The summed E-state index contributed by atoms with van der Waals surface area (Å²) in [7, 11) is 1.68. The molecule has 1 heterocycles. The Labute approximate surface area is 138 Å². The number of aryl methyl sites for hydroxylation is 1. The van der Waals surface area contributed by atoms with Crippen LogP contribution in [-0.4, -0.2) is 23.5 Å². The molecule has 0 aliphatic rings. The standard InChI is InChI=1S/C18H28N2O3/c1-3-4-5-6-7-8-9-10-13-19-17(21)16-15(18(22)23)12-11-14-20(16)2/h11-12,14H,3-10,13H2,1-2H3,(H-,19,21,22,23)/p+1. The fourth-order valence-electron chi connectivity index (χ4n) is 2.61. The average Bonchev–Trinajstić information content (AvgIpc) is 2.52. The monoisotopic (exact) mass is 321 g/mol. The number of pyridine rings is 1. The van der Waals surface area contributed by atoms with Crippen molar-refractivity contribution >= 4 is 11.9 Å². The molecule has 0 saturated heterocycles. The van der Waals surface area contributed by atoms with E-state index in [1.165, 1.54) is 44.6 Å². The Balaban J connectivity index is 2.31. The van der Waals surface area contributed by atoms with Gasteiger partial charge in [-0.05, 0) is 12.5 Å². The third-order valence-electron chi connectivity index (χ3n) is 3.94. The topological polar surface area (TPSA) is 70.3 Å². The number of carbonyl (C=O) groups is 2. The van der Waals surface area contributed by atoms with Crippen molar-refractivity contribution in [2.45, 2.75) is 58.3 Å². The number of carboxylic acid groups (broad SMARTS) is 1. The van der Waals surface area contributed by atoms with Crippen LogP contribution in [0.1, 0.15) is 79.1 Å².